The highest BCUT2D eigenvalue weighted by atomic mass is 35.5. The summed E-state index contributed by atoms with van der Waals surface area (Å²) in [6.07, 6.45) is 6.30. The van der Waals surface area contributed by atoms with Crippen LogP contribution < -0.4 is 24.8 Å². The lowest BCUT2D eigenvalue weighted by molar-refractivity contribution is -0.126. The van der Waals surface area contributed by atoms with E-state index in [1.54, 1.807) is 12.3 Å². The number of nitrogens with zero attached hydrogens (tertiary/aromatic N) is 4. The first-order valence-electron chi connectivity index (χ1n) is 18.9. The van der Waals surface area contributed by atoms with Gasteiger partial charge in [-0.1, -0.05) is 53.5 Å². The van der Waals surface area contributed by atoms with Crippen LogP contribution in [-0.4, -0.2) is 82.8 Å². The molecule has 3 fully saturated rings. The second kappa shape index (κ2) is 16.3. The van der Waals surface area contributed by atoms with E-state index < -0.39 is 11.6 Å². The summed E-state index contributed by atoms with van der Waals surface area (Å²) >= 11 is 14.0. The van der Waals surface area contributed by atoms with Crippen LogP contribution in [-0.2, 0) is 24.4 Å². The van der Waals surface area contributed by atoms with Gasteiger partial charge in [-0.3, -0.25) is 24.9 Å². The maximum absolute atomic E-state index is 12.8. The Balaban J connectivity index is 1.02. The number of β-amino-alcohol motifs (C(OH)–C–C–N with tert-alkyl or cyclic N) is 1. The molecule has 14 heteroatoms. The summed E-state index contributed by atoms with van der Waals surface area (Å²) in [5.74, 6) is 1.34. The van der Waals surface area contributed by atoms with Gasteiger partial charge in [0.1, 0.15) is 41.6 Å². The Morgan fingerprint density at radius 2 is 1.84 bits per heavy atom. The molecule has 56 heavy (non-hydrogen) atoms. The molecule has 1 spiro atoms. The number of hydrogen-bond donors (Lipinski definition) is 3. The van der Waals surface area contributed by atoms with Gasteiger partial charge in [0, 0.05) is 67.9 Å². The number of amides is 3. The van der Waals surface area contributed by atoms with Crippen molar-refractivity contribution < 1.29 is 28.9 Å². The smallest absolute Gasteiger partial charge is 0.322 e. The van der Waals surface area contributed by atoms with E-state index in [1.807, 2.05) is 36.4 Å². The van der Waals surface area contributed by atoms with E-state index in [9.17, 15) is 20.0 Å². The van der Waals surface area contributed by atoms with Gasteiger partial charge in [-0.25, -0.2) is 4.79 Å². The quantitative estimate of drug-likeness (QED) is 0.106. The van der Waals surface area contributed by atoms with Crippen molar-refractivity contribution in [3.63, 3.8) is 0 Å². The number of benzene rings is 3. The zero-order valence-corrected chi connectivity index (χ0v) is 32.2. The second-order valence-electron chi connectivity index (χ2n) is 14.9. The Morgan fingerprint density at radius 3 is 2.64 bits per heavy atom. The number of ether oxygens (including phenoxy) is 3. The minimum atomic E-state index is -0.973. The van der Waals surface area contributed by atoms with E-state index in [-0.39, 0.29) is 24.7 Å². The number of carbonyl (C=O) groups is 2. The van der Waals surface area contributed by atoms with E-state index in [0.29, 0.717) is 72.1 Å². The molecule has 0 radical (unpaired) electrons. The number of aromatic nitrogens is 1. The molecule has 3 N–H and O–H groups in total. The largest absolute Gasteiger partial charge is 0.492 e. The van der Waals surface area contributed by atoms with Gasteiger partial charge in [-0.05, 0) is 73.5 Å². The molecule has 290 valence electrons. The Labute approximate surface area is 335 Å². The first-order valence-corrected chi connectivity index (χ1v) is 19.7. The summed E-state index contributed by atoms with van der Waals surface area (Å²) in [6, 6.07) is 19.1. The van der Waals surface area contributed by atoms with Gasteiger partial charge in [0.25, 0.3) is 5.91 Å². The fourth-order valence-electron chi connectivity index (χ4n) is 8.22. The highest BCUT2D eigenvalue weighted by Crippen LogP contribution is 2.45. The lowest BCUT2D eigenvalue weighted by Crippen LogP contribution is -2.58. The van der Waals surface area contributed by atoms with Gasteiger partial charge in [0.2, 0.25) is 0 Å². The van der Waals surface area contributed by atoms with Crippen molar-refractivity contribution in [3.8, 4) is 34.4 Å². The zero-order valence-electron chi connectivity index (χ0n) is 30.7. The first-order chi connectivity index (χ1) is 27.2. The second-order valence-corrected chi connectivity index (χ2v) is 15.7. The molecule has 0 bridgehead atoms. The number of piperidine rings is 1. The van der Waals surface area contributed by atoms with Crippen LogP contribution in [0.4, 0.5) is 4.79 Å². The number of nitriles is 1. The van der Waals surface area contributed by atoms with Crippen LogP contribution in [0.25, 0.3) is 11.1 Å². The molecular weight excluding hydrogens is 755 g/mol. The summed E-state index contributed by atoms with van der Waals surface area (Å²) in [5, 5.41) is 25.2. The molecule has 3 amide bonds. The van der Waals surface area contributed by atoms with Crippen LogP contribution >= 0.6 is 23.2 Å². The van der Waals surface area contributed by atoms with Gasteiger partial charge in [0.05, 0.1) is 28.3 Å². The maximum atomic E-state index is 12.8. The average molecular weight is 798 g/mol. The number of aliphatic hydroxyl groups excluding tert-OH is 1. The zero-order chi connectivity index (χ0) is 38.8. The molecule has 1 aliphatic carbocycles. The van der Waals surface area contributed by atoms with E-state index in [1.165, 1.54) is 6.20 Å². The van der Waals surface area contributed by atoms with Crippen LogP contribution in [0.15, 0.2) is 67.0 Å². The fourth-order valence-corrected chi connectivity index (χ4v) is 8.73. The highest BCUT2D eigenvalue weighted by molar-refractivity contribution is 6.35. The lowest BCUT2D eigenvalue weighted by Gasteiger charge is -2.38. The summed E-state index contributed by atoms with van der Waals surface area (Å²) in [4.78, 5) is 33.3. The SMILES string of the molecule is N#Cc1cncc(COc2cc(O[C@H]3CCc4c(-c5cccc(OCCCN6CC(O)C6)c5Cl)cccc43)c(Cl)cc2CN2CCCC3(C2)NC(=O)NC3=O)c1. The number of likely N-dealkylation sites (tertiary alicyclic amines) is 2. The summed E-state index contributed by atoms with van der Waals surface area (Å²) < 4.78 is 19.2. The molecule has 1 unspecified atom stereocenters. The third-order valence-electron chi connectivity index (χ3n) is 11.0. The standard InChI is InChI=1S/C42H42Cl2N6O6/c43-34-16-28(21-50-12-3-11-42(25-50)40(52)47-41(53)48-42)37(55-24-27-15-26(18-45)19-46-20-27)17-38(34)56-35-10-9-31-30(5-1-6-32(31)35)33-7-2-8-36(39(33)44)54-14-4-13-49-22-29(51)23-49/h1-2,5-8,15-17,19-20,29,35,51H,3-4,9-14,21-25H2,(H2,47,48,52,53)/t35-,42?/m0/s1. The summed E-state index contributed by atoms with van der Waals surface area (Å²) in [6.45, 7) is 4.47. The number of rotatable bonds is 13. The van der Waals surface area contributed by atoms with Gasteiger partial charge in [-0.2, -0.15) is 5.26 Å². The molecule has 4 aliphatic rings. The Bertz CT molecular complexity index is 2190. The molecule has 12 nitrogen and oxygen atoms in total. The monoisotopic (exact) mass is 796 g/mol. The molecule has 3 aliphatic heterocycles. The normalized spacial score (nSPS) is 20.9. The van der Waals surface area contributed by atoms with Crippen molar-refractivity contribution in [3.05, 3.63) is 105 Å². The van der Waals surface area contributed by atoms with Crippen LogP contribution in [0.5, 0.6) is 17.2 Å². The predicted octanol–water partition coefficient (Wildman–Crippen LogP) is 6.19. The van der Waals surface area contributed by atoms with Crippen molar-refractivity contribution >= 4 is 35.1 Å². The number of halogens is 2. The van der Waals surface area contributed by atoms with Crippen molar-refractivity contribution in [2.75, 3.05) is 39.3 Å². The molecule has 3 aromatic carbocycles. The molecule has 0 saturated carbocycles. The number of carbonyl (C=O) groups excluding carboxylic acids is 2. The average Bonchev–Trinajstić information content (AvgIpc) is 3.71. The van der Waals surface area contributed by atoms with E-state index >= 15 is 0 Å². The Hall–Kier alpha value is -4.90. The number of pyridine rings is 1. The first kappa shape index (κ1) is 38.0. The number of urea groups is 1. The highest BCUT2D eigenvalue weighted by Gasteiger charge is 2.48. The fraction of sp³-hybridized carbons (Fsp3) is 0.381. The van der Waals surface area contributed by atoms with Crippen LogP contribution in [0.3, 0.4) is 0 Å². The molecular formula is C42H42Cl2N6O6. The summed E-state index contributed by atoms with van der Waals surface area (Å²) in [5.41, 5.74) is 5.12. The van der Waals surface area contributed by atoms with E-state index in [0.717, 1.165) is 72.2 Å². The predicted molar refractivity (Wildman–Crippen MR) is 210 cm³/mol. The van der Waals surface area contributed by atoms with Gasteiger partial charge in [0.15, 0.2) is 0 Å². The molecule has 4 heterocycles. The third kappa shape index (κ3) is 8.01. The third-order valence-corrected chi connectivity index (χ3v) is 11.7. The van der Waals surface area contributed by atoms with Crippen LogP contribution in [0.1, 0.15) is 59.6 Å². The molecule has 1 aromatic heterocycles. The van der Waals surface area contributed by atoms with Crippen LogP contribution in [0, 0.1) is 11.3 Å². The minimum absolute atomic E-state index is 0.154. The van der Waals surface area contributed by atoms with Crippen molar-refractivity contribution in [1.29, 1.82) is 5.26 Å². The maximum Gasteiger partial charge on any atom is 0.322 e. The number of hydrogen-bond acceptors (Lipinski definition) is 10. The van der Waals surface area contributed by atoms with E-state index in [2.05, 4.69) is 43.6 Å². The molecule has 8 rings (SSSR count). The minimum Gasteiger partial charge on any atom is -0.492 e. The number of aliphatic hydroxyl groups is 1. The van der Waals surface area contributed by atoms with Crippen molar-refractivity contribution in [1.82, 2.24) is 25.4 Å². The number of nitrogens with one attached hydrogen (secondary N) is 2. The molecule has 2 atom stereocenters. The lowest BCUT2D eigenvalue weighted by atomic mass is 9.89. The Kier molecular flexibility index (Phi) is 11.1. The van der Waals surface area contributed by atoms with Gasteiger partial charge in [-0.15, -0.1) is 0 Å². The van der Waals surface area contributed by atoms with Crippen LogP contribution in [0.2, 0.25) is 10.0 Å². The molecule has 4 aromatic rings. The van der Waals surface area contributed by atoms with Gasteiger partial charge >= 0.3 is 6.03 Å². The summed E-state index contributed by atoms with van der Waals surface area (Å²) in [7, 11) is 0. The number of imide groups is 1. The van der Waals surface area contributed by atoms with Crippen molar-refractivity contribution in [2.24, 2.45) is 0 Å². The van der Waals surface area contributed by atoms with E-state index in [4.69, 9.17) is 37.4 Å². The van der Waals surface area contributed by atoms with Crippen molar-refractivity contribution in [2.45, 2.75) is 63.0 Å². The van der Waals surface area contributed by atoms with Gasteiger partial charge < -0.3 is 24.6 Å². The topological polar surface area (TPSA) is 149 Å². The Morgan fingerprint density at radius 1 is 1.00 bits per heavy atom. The molecule has 3 saturated heterocycles. The number of fused-ring (bicyclic) bond motifs is 1.